The molecule has 0 aliphatic carbocycles. The zero-order valence-corrected chi connectivity index (χ0v) is 13.0. The fraction of sp³-hybridized carbons (Fsp3) is 0.235. The SMILES string of the molecule is CCOc1ccc([C@H]2NN=C(c3ccc(C)cc3)S2)cc1. The van der Waals surface area contributed by atoms with Gasteiger partial charge in [0.05, 0.1) is 6.61 Å². The van der Waals surface area contributed by atoms with Gasteiger partial charge in [0.2, 0.25) is 0 Å². The van der Waals surface area contributed by atoms with E-state index < -0.39 is 0 Å². The second-order valence-electron chi connectivity index (χ2n) is 4.91. The first-order valence-electron chi connectivity index (χ1n) is 7.06. The quantitative estimate of drug-likeness (QED) is 0.923. The molecule has 108 valence electrons. The Hall–Kier alpha value is -1.94. The van der Waals surface area contributed by atoms with Crippen LogP contribution in [0.1, 0.15) is 29.0 Å². The second-order valence-corrected chi connectivity index (χ2v) is 6.01. The molecule has 1 aliphatic heterocycles. The minimum absolute atomic E-state index is 0.164. The molecule has 0 spiro atoms. The molecule has 21 heavy (non-hydrogen) atoms. The highest BCUT2D eigenvalue weighted by Crippen LogP contribution is 2.34. The molecule has 1 N–H and O–H groups in total. The van der Waals surface area contributed by atoms with Crippen molar-refractivity contribution in [3.63, 3.8) is 0 Å². The Morgan fingerprint density at radius 3 is 2.48 bits per heavy atom. The number of hydrogen-bond donors (Lipinski definition) is 1. The number of hydrogen-bond acceptors (Lipinski definition) is 4. The van der Waals surface area contributed by atoms with Crippen LogP contribution in [0.2, 0.25) is 0 Å². The molecule has 0 amide bonds. The maximum absolute atomic E-state index is 5.47. The number of rotatable bonds is 4. The van der Waals surface area contributed by atoms with Gasteiger partial charge in [-0.2, -0.15) is 5.10 Å². The van der Waals surface area contributed by atoms with Crippen LogP contribution in [0.4, 0.5) is 0 Å². The maximum Gasteiger partial charge on any atom is 0.126 e. The summed E-state index contributed by atoms with van der Waals surface area (Å²) in [5.41, 5.74) is 6.82. The van der Waals surface area contributed by atoms with Gasteiger partial charge < -0.3 is 4.74 Å². The third-order valence-electron chi connectivity index (χ3n) is 3.31. The number of nitrogens with one attached hydrogen (secondary N) is 1. The van der Waals surface area contributed by atoms with Crippen LogP contribution in [-0.4, -0.2) is 11.7 Å². The van der Waals surface area contributed by atoms with Crippen molar-refractivity contribution in [1.29, 1.82) is 0 Å². The molecule has 3 rings (SSSR count). The van der Waals surface area contributed by atoms with Gasteiger partial charge in [-0.15, -0.1) is 0 Å². The van der Waals surface area contributed by atoms with Gasteiger partial charge in [-0.05, 0) is 31.5 Å². The van der Waals surface area contributed by atoms with Crippen LogP contribution in [0, 0.1) is 6.92 Å². The number of nitrogens with zero attached hydrogens (tertiary/aromatic N) is 1. The summed E-state index contributed by atoms with van der Waals surface area (Å²) in [6.07, 6.45) is 0. The summed E-state index contributed by atoms with van der Waals surface area (Å²) in [5, 5.41) is 5.65. The fourth-order valence-electron chi connectivity index (χ4n) is 2.16. The molecule has 1 atom stereocenters. The molecule has 0 bridgehead atoms. The van der Waals surface area contributed by atoms with Crippen LogP contribution >= 0.6 is 11.8 Å². The lowest BCUT2D eigenvalue weighted by molar-refractivity contribution is 0.340. The minimum atomic E-state index is 0.164. The Morgan fingerprint density at radius 1 is 1.10 bits per heavy atom. The normalized spacial score (nSPS) is 17.2. The van der Waals surface area contributed by atoms with E-state index in [2.05, 4.69) is 53.8 Å². The molecule has 0 aromatic heterocycles. The largest absolute Gasteiger partial charge is 0.494 e. The molecule has 0 saturated carbocycles. The van der Waals surface area contributed by atoms with Crippen molar-refractivity contribution in [2.75, 3.05) is 6.61 Å². The van der Waals surface area contributed by atoms with E-state index in [1.807, 2.05) is 19.1 Å². The topological polar surface area (TPSA) is 33.6 Å². The van der Waals surface area contributed by atoms with Crippen molar-refractivity contribution in [1.82, 2.24) is 5.43 Å². The zero-order chi connectivity index (χ0) is 14.7. The second kappa shape index (κ2) is 6.22. The van der Waals surface area contributed by atoms with Gasteiger partial charge in [0, 0.05) is 5.56 Å². The van der Waals surface area contributed by atoms with E-state index in [1.165, 1.54) is 11.1 Å². The van der Waals surface area contributed by atoms with E-state index in [1.54, 1.807) is 11.8 Å². The Bertz CT molecular complexity index is 635. The summed E-state index contributed by atoms with van der Waals surface area (Å²) in [4.78, 5) is 0. The van der Waals surface area contributed by atoms with Gasteiger partial charge in [0.25, 0.3) is 0 Å². The zero-order valence-electron chi connectivity index (χ0n) is 12.2. The maximum atomic E-state index is 5.47. The molecular weight excluding hydrogens is 280 g/mol. The summed E-state index contributed by atoms with van der Waals surface area (Å²) in [5.74, 6) is 0.906. The minimum Gasteiger partial charge on any atom is -0.494 e. The van der Waals surface area contributed by atoms with Crippen LogP contribution in [0.15, 0.2) is 53.6 Å². The standard InChI is InChI=1S/C17H18N2OS/c1-3-20-15-10-8-14(9-11-15)17-19-18-16(21-17)13-6-4-12(2)5-7-13/h4-11,17,19H,3H2,1-2H3/t17-/m0/s1. The Morgan fingerprint density at radius 2 is 1.81 bits per heavy atom. The highest BCUT2D eigenvalue weighted by molar-refractivity contribution is 8.14. The van der Waals surface area contributed by atoms with Crippen LogP contribution < -0.4 is 10.2 Å². The third kappa shape index (κ3) is 3.22. The first-order chi connectivity index (χ1) is 10.3. The number of hydrazone groups is 1. The molecule has 1 aliphatic rings. The van der Waals surface area contributed by atoms with E-state index in [4.69, 9.17) is 4.74 Å². The molecule has 0 saturated heterocycles. The molecule has 4 heteroatoms. The summed E-state index contributed by atoms with van der Waals surface area (Å²) in [6.45, 7) is 4.77. The van der Waals surface area contributed by atoms with E-state index in [-0.39, 0.29) is 5.37 Å². The summed E-state index contributed by atoms with van der Waals surface area (Å²) in [6, 6.07) is 16.6. The molecule has 2 aromatic rings. The highest BCUT2D eigenvalue weighted by Gasteiger charge is 2.21. The van der Waals surface area contributed by atoms with E-state index in [0.29, 0.717) is 6.61 Å². The van der Waals surface area contributed by atoms with Gasteiger partial charge >= 0.3 is 0 Å². The van der Waals surface area contributed by atoms with Crippen LogP contribution in [0.5, 0.6) is 5.75 Å². The van der Waals surface area contributed by atoms with Gasteiger partial charge in [-0.25, -0.2) is 0 Å². The van der Waals surface area contributed by atoms with Crippen LogP contribution in [-0.2, 0) is 0 Å². The number of thioether (sulfide) groups is 1. The monoisotopic (exact) mass is 298 g/mol. The molecule has 0 unspecified atom stereocenters. The first kappa shape index (κ1) is 14.0. The van der Waals surface area contributed by atoms with Gasteiger partial charge in [-0.1, -0.05) is 53.7 Å². The average Bonchev–Trinajstić information content (AvgIpc) is 2.99. The third-order valence-corrected chi connectivity index (χ3v) is 4.47. The van der Waals surface area contributed by atoms with Crippen molar-refractivity contribution in [3.05, 3.63) is 65.2 Å². The number of aryl methyl sites for hydroxylation is 1. The van der Waals surface area contributed by atoms with Crippen LogP contribution in [0.25, 0.3) is 0 Å². The first-order valence-corrected chi connectivity index (χ1v) is 7.94. The lowest BCUT2D eigenvalue weighted by Gasteiger charge is -2.10. The lowest BCUT2D eigenvalue weighted by Crippen LogP contribution is -2.06. The molecule has 0 radical (unpaired) electrons. The van der Waals surface area contributed by atoms with Gasteiger partial charge in [0.1, 0.15) is 16.2 Å². The van der Waals surface area contributed by atoms with Crippen molar-refractivity contribution in [2.45, 2.75) is 19.2 Å². The predicted molar refractivity (Wildman–Crippen MR) is 88.8 cm³/mol. The van der Waals surface area contributed by atoms with Crippen molar-refractivity contribution in [2.24, 2.45) is 5.10 Å². The summed E-state index contributed by atoms with van der Waals surface area (Å²) >= 11 is 1.74. The summed E-state index contributed by atoms with van der Waals surface area (Å²) < 4.78 is 5.47. The molecular formula is C17H18N2OS. The van der Waals surface area contributed by atoms with E-state index >= 15 is 0 Å². The highest BCUT2D eigenvalue weighted by atomic mass is 32.2. The summed E-state index contributed by atoms with van der Waals surface area (Å²) in [7, 11) is 0. The smallest absolute Gasteiger partial charge is 0.126 e. The van der Waals surface area contributed by atoms with E-state index in [9.17, 15) is 0 Å². The Balaban J connectivity index is 1.69. The van der Waals surface area contributed by atoms with Gasteiger partial charge in [-0.3, -0.25) is 5.43 Å². The van der Waals surface area contributed by atoms with E-state index in [0.717, 1.165) is 16.4 Å². The Kier molecular flexibility index (Phi) is 4.15. The molecule has 0 fully saturated rings. The number of ether oxygens (including phenoxy) is 1. The van der Waals surface area contributed by atoms with Crippen molar-refractivity contribution < 1.29 is 4.74 Å². The molecule has 2 aromatic carbocycles. The number of benzene rings is 2. The molecule has 3 nitrogen and oxygen atoms in total. The fourth-order valence-corrected chi connectivity index (χ4v) is 3.16. The Labute approximate surface area is 129 Å². The van der Waals surface area contributed by atoms with Crippen LogP contribution in [0.3, 0.4) is 0 Å². The lowest BCUT2D eigenvalue weighted by atomic mass is 10.2. The van der Waals surface area contributed by atoms with Crippen molar-refractivity contribution in [3.8, 4) is 5.75 Å². The van der Waals surface area contributed by atoms with Crippen molar-refractivity contribution >= 4 is 16.8 Å². The molecule has 1 heterocycles. The predicted octanol–water partition coefficient (Wildman–Crippen LogP) is 4.09. The average molecular weight is 298 g/mol. The van der Waals surface area contributed by atoms with Gasteiger partial charge in [0.15, 0.2) is 0 Å².